The molecule has 0 bridgehead atoms. The lowest BCUT2D eigenvalue weighted by Crippen LogP contribution is -2.34. The number of Topliss-reactive ketones (excluding diaryl/α,β-unsaturated/α-hetero) is 1. The van der Waals surface area contributed by atoms with Crippen molar-refractivity contribution in [1.29, 1.82) is 0 Å². The zero-order chi connectivity index (χ0) is 24.9. The SMILES string of the molecule is Cc1ccc(C2CC(=O)c3cc(Cl)ccc3N2)cc1.NNC(=O)Nc1ccc(C(F)(F)F)cc1. The Morgan fingerprint density at radius 3 is 2.29 bits per heavy atom. The van der Waals surface area contributed by atoms with Gasteiger partial charge in [0.1, 0.15) is 0 Å². The number of amides is 2. The molecular weight excluding hydrogens is 469 g/mol. The molecule has 0 radical (unpaired) electrons. The molecule has 2 amide bonds. The molecule has 0 aliphatic carbocycles. The van der Waals surface area contributed by atoms with Crippen molar-refractivity contribution in [3.05, 3.63) is 94.0 Å². The molecule has 5 N–H and O–H groups in total. The third-order valence-electron chi connectivity index (χ3n) is 5.08. The Morgan fingerprint density at radius 1 is 1.06 bits per heavy atom. The lowest BCUT2D eigenvalue weighted by Gasteiger charge is -2.26. The van der Waals surface area contributed by atoms with E-state index in [-0.39, 0.29) is 17.5 Å². The van der Waals surface area contributed by atoms with Crippen LogP contribution in [0.3, 0.4) is 0 Å². The van der Waals surface area contributed by atoms with Crippen LogP contribution in [0.4, 0.5) is 29.3 Å². The standard InChI is InChI=1S/C16H14ClNO.C8H8F3N3O/c1-10-2-4-11(5-3-10)15-9-16(19)13-8-12(17)6-7-14(13)18-15;9-8(10,11)5-1-3-6(4-2-5)13-7(15)14-12/h2-8,15,18H,9H2,1H3;1-4H,12H2,(H2,13,14,15). The molecule has 4 rings (SSSR count). The Labute approximate surface area is 199 Å². The van der Waals surface area contributed by atoms with Crippen molar-refractivity contribution < 1.29 is 22.8 Å². The summed E-state index contributed by atoms with van der Waals surface area (Å²) in [6.45, 7) is 2.06. The predicted molar refractivity (Wildman–Crippen MR) is 126 cm³/mol. The molecule has 1 aliphatic rings. The summed E-state index contributed by atoms with van der Waals surface area (Å²) in [6, 6.07) is 17.0. The highest BCUT2D eigenvalue weighted by Crippen LogP contribution is 2.34. The topological polar surface area (TPSA) is 96.2 Å². The number of rotatable bonds is 2. The van der Waals surface area contributed by atoms with E-state index in [9.17, 15) is 22.8 Å². The first-order valence-electron chi connectivity index (χ1n) is 10.2. The largest absolute Gasteiger partial charge is 0.416 e. The highest BCUT2D eigenvalue weighted by molar-refractivity contribution is 6.31. The van der Waals surface area contributed by atoms with Crippen LogP contribution >= 0.6 is 11.6 Å². The summed E-state index contributed by atoms with van der Waals surface area (Å²) in [4.78, 5) is 22.9. The molecule has 1 heterocycles. The molecule has 0 fully saturated rings. The zero-order valence-electron chi connectivity index (χ0n) is 18.0. The first-order chi connectivity index (χ1) is 16.1. The van der Waals surface area contributed by atoms with E-state index in [0.717, 1.165) is 35.5 Å². The number of urea groups is 1. The molecule has 10 heteroatoms. The van der Waals surface area contributed by atoms with Gasteiger partial charge in [0.05, 0.1) is 11.6 Å². The van der Waals surface area contributed by atoms with E-state index in [1.807, 2.05) is 6.07 Å². The van der Waals surface area contributed by atoms with Gasteiger partial charge in [0.25, 0.3) is 0 Å². The minimum atomic E-state index is -4.38. The Kier molecular flexibility index (Phi) is 7.80. The van der Waals surface area contributed by atoms with E-state index < -0.39 is 17.8 Å². The van der Waals surface area contributed by atoms with Gasteiger partial charge in [0, 0.05) is 28.4 Å². The number of nitrogens with one attached hydrogen (secondary N) is 3. The highest BCUT2D eigenvalue weighted by atomic mass is 35.5. The monoisotopic (exact) mass is 490 g/mol. The van der Waals surface area contributed by atoms with Gasteiger partial charge in [-0.1, -0.05) is 41.4 Å². The zero-order valence-corrected chi connectivity index (χ0v) is 18.8. The second-order valence-electron chi connectivity index (χ2n) is 7.60. The van der Waals surface area contributed by atoms with Gasteiger partial charge >= 0.3 is 12.2 Å². The van der Waals surface area contributed by atoms with Gasteiger partial charge in [-0.3, -0.25) is 10.2 Å². The Morgan fingerprint density at radius 2 is 1.71 bits per heavy atom. The van der Waals surface area contributed by atoms with Crippen LogP contribution in [0.5, 0.6) is 0 Å². The summed E-state index contributed by atoms with van der Waals surface area (Å²) >= 11 is 5.93. The van der Waals surface area contributed by atoms with Crippen LogP contribution in [-0.4, -0.2) is 11.8 Å². The van der Waals surface area contributed by atoms with Crippen LogP contribution in [0.15, 0.2) is 66.7 Å². The van der Waals surface area contributed by atoms with Gasteiger partial charge in [-0.15, -0.1) is 0 Å². The molecule has 1 aliphatic heterocycles. The number of hydrogen-bond donors (Lipinski definition) is 4. The van der Waals surface area contributed by atoms with Crippen molar-refractivity contribution >= 4 is 34.8 Å². The number of hydrogen-bond acceptors (Lipinski definition) is 4. The van der Waals surface area contributed by atoms with Crippen LogP contribution in [0.2, 0.25) is 5.02 Å². The number of alkyl halides is 3. The summed E-state index contributed by atoms with van der Waals surface area (Å²) in [5.74, 6) is 4.92. The van der Waals surface area contributed by atoms with E-state index in [4.69, 9.17) is 17.4 Å². The number of carbonyl (C=O) groups is 2. The number of carbonyl (C=O) groups excluding carboxylic acids is 2. The summed E-state index contributed by atoms with van der Waals surface area (Å²) in [5.41, 5.74) is 5.15. The quantitative estimate of drug-likeness (QED) is 0.198. The highest BCUT2D eigenvalue weighted by Gasteiger charge is 2.30. The Hall–Kier alpha value is -3.56. The molecule has 178 valence electrons. The molecule has 0 spiro atoms. The molecular formula is C24H22ClF3N4O2. The average molecular weight is 491 g/mol. The minimum absolute atomic E-state index is 0.0433. The van der Waals surface area contributed by atoms with E-state index in [1.165, 1.54) is 5.56 Å². The smallest absolute Gasteiger partial charge is 0.377 e. The van der Waals surface area contributed by atoms with Gasteiger partial charge < -0.3 is 10.6 Å². The molecule has 3 aromatic carbocycles. The maximum absolute atomic E-state index is 12.2. The lowest BCUT2D eigenvalue weighted by molar-refractivity contribution is -0.137. The third kappa shape index (κ3) is 6.49. The summed E-state index contributed by atoms with van der Waals surface area (Å²) in [7, 11) is 0. The van der Waals surface area contributed by atoms with Crippen molar-refractivity contribution in [3.63, 3.8) is 0 Å². The van der Waals surface area contributed by atoms with Gasteiger partial charge in [-0.05, 0) is 55.0 Å². The molecule has 0 aromatic heterocycles. The fourth-order valence-corrected chi connectivity index (χ4v) is 3.49. The van der Waals surface area contributed by atoms with Gasteiger partial charge in [-0.2, -0.15) is 13.2 Å². The number of fused-ring (bicyclic) bond motifs is 1. The van der Waals surface area contributed by atoms with Crippen LogP contribution in [0.25, 0.3) is 0 Å². The van der Waals surface area contributed by atoms with Crippen LogP contribution in [0, 0.1) is 6.92 Å². The van der Waals surface area contributed by atoms with Crippen LogP contribution < -0.4 is 21.9 Å². The molecule has 0 saturated carbocycles. The number of anilines is 2. The van der Waals surface area contributed by atoms with Gasteiger partial charge in [0.2, 0.25) is 0 Å². The maximum atomic E-state index is 12.2. The van der Waals surface area contributed by atoms with Gasteiger partial charge in [0.15, 0.2) is 5.78 Å². The number of nitrogens with two attached hydrogens (primary N) is 1. The third-order valence-corrected chi connectivity index (χ3v) is 5.32. The maximum Gasteiger partial charge on any atom is 0.416 e. The number of ketones is 1. The molecule has 1 unspecified atom stereocenters. The van der Waals surface area contributed by atoms with Gasteiger partial charge in [-0.25, -0.2) is 10.6 Å². The fraction of sp³-hybridized carbons (Fsp3) is 0.167. The van der Waals surface area contributed by atoms with Crippen molar-refractivity contribution in [2.75, 3.05) is 10.6 Å². The Balaban J connectivity index is 0.000000197. The van der Waals surface area contributed by atoms with Crippen LogP contribution in [0.1, 0.15) is 39.5 Å². The van der Waals surface area contributed by atoms with E-state index in [1.54, 1.807) is 17.6 Å². The van der Waals surface area contributed by atoms with E-state index >= 15 is 0 Å². The first kappa shape index (κ1) is 25.1. The second-order valence-corrected chi connectivity index (χ2v) is 8.03. The molecule has 3 aromatic rings. The lowest BCUT2D eigenvalue weighted by atomic mass is 9.92. The number of aryl methyl sites for hydroxylation is 1. The first-order valence-corrected chi connectivity index (χ1v) is 10.6. The number of hydrazine groups is 1. The molecule has 0 saturated heterocycles. The fourth-order valence-electron chi connectivity index (χ4n) is 3.32. The van der Waals surface area contributed by atoms with Crippen molar-refractivity contribution in [3.8, 4) is 0 Å². The van der Waals surface area contributed by atoms with E-state index in [2.05, 4.69) is 41.8 Å². The summed E-state index contributed by atoms with van der Waals surface area (Å²) < 4.78 is 36.4. The second kappa shape index (κ2) is 10.6. The molecule has 6 nitrogen and oxygen atoms in total. The van der Waals surface area contributed by atoms with Crippen molar-refractivity contribution in [2.24, 2.45) is 5.84 Å². The van der Waals surface area contributed by atoms with Crippen molar-refractivity contribution in [1.82, 2.24) is 5.43 Å². The minimum Gasteiger partial charge on any atom is -0.377 e. The predicted octanol–water partition coefficient (Wildman–Crippen LogP) is 6.09. The number of halogens is 4. The molecule has 34 heavy (non-hydrogen) atoms. The summed E-state index contributed by atoms with van der Waals surface area (Å²) in [5, 5.41) is 6.24. The Bertz CT molecular complexity index is 1170. The van der Waals surface area contributed by atoms with Crippen LogP contribution in [-0.2, 0) is 6.18 Å². The normalized spacial score (nSPS) is 14.8. The summed E-state index contributed by atoms with van der Waals surface area (Å²) in [6.07, 6.45) is -3.91. The average Bonchev–Trinajstić information content (AvgIpc) is 2.80. The van der Waals surface area contributed by atoms with Crippen molar-refractivity contribution in [2.45, 2.75) is 25.6 Å². The van der Waals surface area contributed by atoms with E-state index in [0.29, 0.717) is 17.0 Å². The molecule has 1 atom stereocenters. The number of benzene rings is 3.